The van der Waals surface area contributed by atoms with Gasteiger partial charge in [-0.3, -0.25) is 29.3 Å². The smallest absolute Gasteiger partial charge is 0.370 e. The Kier molecular flexibility index (Phi) is 19.5. The molecule has 0 spiro atoms. The summed E-state index contributed by atoms with van der Waals surface area (Å²) in [6, 6.07) is 64.9. The molecule has 18 heteroatoms. The highest BCUT2D eigenvalue weighted by atomic mass is 19.4. The number of amides is 3. The highest BCUT2D eigenvalue weighted by Gasteiger charge is 2.33. The quantitative estimate of drug-likeness (QED) is 0.0549. The van der Waals surface area contributed by atoms with Crippen molar-refractivity contribution in [2.45, 2.75) is 37.4 Å². The molecule has 3 aromatic heterocycles. The second kappa shape index (κ2) is 28.4. The van der Waals surface area contributed by atoms with E-state index >= 15 is 0 Å². The maximum atomic E-state index is 13.3. The van der Waals surface area contributed by atoms with Crippen molar-refractivity contribution in [2.24, 2.45) is 0 Å². The number of fused-ring (bicyclic) bond motifs is 3. The molecule has 0 fully saturated rings. The first-order valence-corrected chi connectivity index (χ1v) is 28.3. The van der Waals surface area contributed by atoms with Crippen LogP contribution in [0.4, 0.5) is 60.5 Å². The van der Waals surface area contributed by atoms with E-state index in [1.807, 2.05) is 134 Å². The van der Waals surface area contributed by atoms with E-state index in [9.17, 15) is 40.7 Å². The van der Waals surface area contributed by atoms with Gasteiger partial charge in [-0.15, -0.1) is 0 Å². The molecule has 0 aliphatic carbocycles. The first kappa shape index (κ1) is 61.7. The lowest BCUT2D eigenvalue weighted by Gasteiger charge is -2.21. The normalized spacial score (nSPS) is 12.2. The zero-order valence-corrected chi connectivity index (χ0v) is 48.0. The third kappa shape index (κ3) is 16.0. The van der Waals surface area contributed by atoms with Crippen LogP contribution in [0.5, 0.6) is 0 Å². The van der Waals surface area contributed by atoms with E-state index in [0.717, 1.165) is 79.1 Å². The standard InChI is InChI=1S/2C24H18F3N3O.C24H21N3O/c2*25-24(26,27)18-11-9-16(10-12-18)22(29-19-6-2-1-3-7-19)23(31)30-21-8-4-5-17-15-28-14-13-20(17)21;1-17-10-12-18(13-11-17)23(26-20-7-3-2-4-8-20)24(28)27-22-9-5-6-19-16-25-15-14-21(19)22/h2*1-15,22,29H,(H,30,31);2-16,23,26H,1H3,(H,27,28)/t2*22-;/m10./s1. The van der Waals surface area contributed by atoms with Crippen LogP contribution in [-0.2, 0) is 26.7 Å². The number of alkyl halides is 6. The van der Waals surface area contributed by atoms with E-state index < -0.39 is 53.4 Å². The van der Waals surface area contributed by atoms with Gasteiger partial charge < -0.3 is 31.9 Å². The van der Waals surface area contributed by atoms with E-state index in [1.54, 1.807) is 97.8 Å². The lowest BCUT2D eigenvalue weighted by atomic mass is 10.0. The number of pyridine rings is 3. The molecule has 0 bridgehead atoms. The molecule has 0 aliphatic heterocycles. The number of hydrogen-bond acceptors (Lipinski definition) is 9. The topological polar surface area (TPSA) is 162 Å². The number of anilines is 6. The first-order chi connectivity index (χ1) is 43.5. The number of carbonyl (C=O) groups excluding carboxylic acids is 3. The minimum absolute atomic E-state index is 0.114. The number of halogens is 6. The number of carbonyl (C=O) groups is 3. The number of nitrogens with one attached hydrogen (secondary N) is 6. The largest absolute Gasteiger partial charge is 0.416 e. The van der Waals surface area contributed by atoms with Gasteiger partial charge in [0, 0.05) is 104 Å². The van der Waals surface area contributed by atoms with Crippen molar-refractivity contribution < 1.29 is 40.7 Å². The number of nitrogens with zero attached hydrogens (tertiary/aromatic N) is 3. The summed E-state index contributed by atoms with van der Waals surface area (Å²) in [6.45, 7) is 2.04. The summed E-state index contributed by atoms with van der Waals surface area (Å²) < 4.78 is 77.8. The van der Waals surface area contributed by atoms with Crippen LogP contribution in [0.3, 0.4) is 0 Å². The fourth-order valence-corrected chi connectivity index (χ4v) is 9.80. The zero-order valence-electron chi connectivity index (χ0n) is 48.0. The Morgan fingerprint density at radius 2 is 0.611 bits per heavy atom. The number of rotatable bonds is 15. The molecule has 0 radical (unpaired) electrons. The van der Waals surface area contributed by atoms with Crippen LogP contribution >= 0.6 is 0 Å². The van der Waals surface area contributed by atoms with Crippen LogP contribution < -0.4 is 31.9 Å². The first-order valence-electron chi connectivity index (χ1n) is 28.3. The molecule has 3 atom stereocenters. The van der Waals surface area contributed by atoms with E-state index in [1.165, 1.54) is 24.3 Å². The van der Waals surface area contributed by atoms with E-state index in [-0.39, 0.29) is 5.91 Å². The zero-order chi connectivity index (χ0) is 63.0. The second-order valence-corrected chi connectivity index (χ2v) is 20.7. The molecular formula is C72H57F6N9O3. The average Bonchev–Trinajstić information content (AvgIpc) is 1.84. The van der Waals surface area contributed by atoms with Crippen LogP contribution in [0.25, 0.3) is 32.3 Å². The van der Waals surface area contributed by atoms with Gasteiger partial charge in [-0.05, 0) is 121 Å². The average molecular weight is 1210 g/mol. The van der Waals surface area contributed by atoms with Gasteiger partial charge in [0.2, 0.25) is 0 Å². The number of aryl methyl sites for hydroxylation is 1. The van der Waals surface area contributed by atoms with Gasteiger partial charge in [-0.1, -0.05) is 145 Å². The lowest BCUT2D eigenvalue weighted by Crippen LogP contribution is -2.27. The fourth-order valence-electron chi connectivity index (χ4n) is 9.80. The van der Waals surface area contributed by atoms with Crippen molar-refractivity contribution in [1.82, 2.24) is 15.0 Å². The van der Waals surface area contributed by atoms with Gasteiger partial charge in [0.1, 0.15) is 18.1 Å². The van der Waals surface area contributed by atoms with Crippen molar-refractivity contribution in [3.8, 4) is 0 Å². The van der Waals surface area contributed by atoms with E-state index in [2.05, 4.69) is 46.9 Å². The fraction of sp³-hybridized carbons (Fsp3) is 0.0833. The van der Waals surface area contributed by atoms with Gasteiger partial charge in [-0.25, -0.2) is 0 Å². The molecule has 9 aromatic carbocycles. The molecule has 6 N–H and O–H groups in total. The highest BCUT2D eigenvalue weighted by Crippen LogP contribution is 2.34. The maximum absolute atomic E-state index is 13.3. The third-order valence-electron chi connectivity index (χ3n) is 14.4. The molecule has 3 heterocycles. The van der Waals surface area contributed by atoms with E-state index in [4.69, 9.17) is 0 Å². The molecule has 1 unspecified atom stereocenters. The monoisotopic (exact) mass is 1210 g/mol. The van der Waals surface area contributed by atoms with Crippen molar-refractivity contribution in [1.29, 1.82) is 0 Å². The summed E-state index contributed by atoms with van der Waals surface area (Å²) in [7, 11) is 0. The van der Waals surface area contributed by atoms with Crippen LogP contribution in [-0.4, -0.2) is 32.7 Å². The second-order valence-electron chi connectivity index (χ2n) is 20.7. The number of hydrogen-bond donors (Lipinski definition) is 6. The minimum atomic E-state index is -4.44. The van der Waals surface area contributed by atoms with Crippen molar-refractivity contribution in [3.63, 3.8) is 0 Å². The van der Waals surface area contributed by atoms with Crippen LogP contribution in [0, 0.1) is 6.92 Å². The molecule has 12 nitrogen and oxygen atoms in total. The molecule has 450 valence electrons. The van der Waals surface area contributed by atoms with Gasteiger partial charge in [-0.2, -0.15) is 26.3 Å². The van der Waals surface area contributed by atoms with Crippen molar-refractivity contribution >= 4 is 84.2 Å². The Labute approximate surface area is 514 Å². The van der Waals surface area contributed by atoms with Crippen LogP contribution in [0.15, 0.2) is 274 Å². The molecule has 12 rings (SSSR count). The molecular weight excluding hydrogens is 1150 g/mol. The molecule has 90 heavy (non-hydrogen) atoms. The minimum Gasteiger partial charge on any atom is -0.370 e. The Hall–Kier alpha value is -11.4. The summed E-state index contributed by atoms with van der Waals surface area (Å²) in [6.07, 6.45) is 1.30. The third-order valence-corrected chi connectivity index (χ3v) is 14.4. The summed E-state index contributed by atoms with van der Waals surface area (Å²) in [4.78, 5) is 52.0. The van der Waals surface area contributed by atoms with Crippen molar-refractivity contribution in [2.75, 3.05) is 31.9 Å². The number of benzene rings is 9. The molecule has 0 saturated heterocycles. The molecule has 0 saturated carbocycles. The molecule has 0 aliphatic rings. The van der Waals surface area contributed by atoms with Gasteiger partial charge in [0.25, 0.3) is 17.7 Å². The Balaban J connectivity index is 0.000000149. The summed E-state index contributed by atoms with van der Waals surface area (Å²) in [5.41, 5.74) is 5.56. The number of aromatic nitrogens is 3. The summed E-state index contributed by atoms with van der Waals surface area (Å²) in [5, 5.41) is 23.8. The Bertz CT molecular complexity index is 4170. The van der Waals surface area contributed by atoms with Gasteiger partial charge in [0.15, 0.2) is 0 Å². The molecule has 3 amide bonds. The number of para-hydroxylation sites is 3. The van der Waals surface area contributed by atoms with Crippen LogP contribution in [0.1, 0.15) is 51.5 Å². The van der Waals surface area contributed by atoms with Crippen LogP contribution in [0.2, 0.25) is 0 Å². The maximum Gasteiger partial charge on any atom is 0.416 e. The highest BCUT2D eigenvalue weighted by molar-refractivity contribution is 6.07. The Morgan fingerprint density at radius 3 is 0.889 bits per heavy atom. The lowest BCUT2D eigenvalue weighted by molar-refractivity contribution is -0.138. The predicted molar refractivity (Wildman–Crippen MR) is 344 cm³/mol. The van der Waals surface area contributed by atoms with Crippen molar-refractivity contribution in [3.05, 3.63) is 307 Å². The molecule has 12 aromatic rings. The Morgan fingerprint density at radius 1 is 0.333 bits per heavy atom. The van der Waals surface area contributed by atoms with Gasteiger partial charge >= 0.3 is 12.4 Å². The SMILES string of the molecule is Cc1ccc(C(Nc2ccccc2)C(=O)Nc2cccc3cnccc23)cc1.O=C(Nc1cccc2cnccc12)[C@@H](Nc1ccccc1)c1ccc(C(F)(F)F)cc1.O=C(Nc1cccc2cnccc12)[C@H](Nc1ccccc1)c1ccc(C(F)(F)F)cc1. The summed E-state index contributed by atoms with van der Waals surface area (Å²) >= 11 is 0. The van der Waals surface area contributed by atoms with E-state index in [0.29, 0.717) is 33.9 Å². The van der Waals surface area contributed by atoms with Gasteiger partial charge in [0.05, 0.1) is 11.1 Å². The predicted octanol–water partition coefficient (Wildman–Crippen LogP) is 17.4. The summed E-state index contributed by atoms with van der Waals surface area (Å²) in [5.74, 6) is -0.905.